The molecule has 0 saturated heterocycles. The Labute approximate surface area is 189 Å². The van der Waals surface area contributed by atoms with Crippen molar-refractivity contribution in [3.05, 3.63) is 71.4 Å². The van der Waals surface area contributed by atoms with Crippen LogP contribution >= 0.6 is 0 Å². The number of fused-ring (bicyclic) bond motifs is 1. The Hall–Kier alpha value is -2.80. The van der Waals surface area contributed by atoms with E-state index in [1.807, 2.05) is 12.1 Å². The summed E-state index contributed by atoms with van der Waals surface area (Å²) in [7, 11) is -1.13. The standard InChI is InChI=1S/C25H26FN3O2S/c26-19-4-2-5-20(15-19)27-25-24-22(11-12-32(24)31)28-23(29-25)13-16-7-9-17(10-8-16)18-3-1-6-21(30)14-18/h1-6,14-17,30H,7-13H2,(H,27,28,29). The van der Waals surface area contributed by atoms with Gasteiger partial charge in [-0.2, -0.15) is 0 Å². The highest BCUT2D eigenvalue weighted by molar-refractivity contribution is 7.85. The molecule has 2 aromatic carbocycles. The molecule has 1 aliphatic carbocycles. The van der Waals surface area contributed by atoms with Crippen LogP contribution in [0.25, 0.3) is 0 Å². The number of halogens is 1. The van der Waals surface area contributed by atoms with E-state index in [4.69, 9.17) is 9.97 Å². The summed E-state index contributed by atoms with van der Waals surface area (Å²) >= 11 is 0. The van der Waals surface area contributed by atoms with Gasteiger partial charge in [0.15, 0.2) is 5.82 Å². The normalized spacial score (nSPS) is 22.5. The molecule has 2 heterocycles. The van der Waals surface area contributed by atoms with Crippen LogP contribution in [0.3, 0.4) is 0 Å². The van der Waals surface area contributed by atoms with Crippen molar-refractivity contribution < 1.29 is 13.7 Å². The Kier molecular flexibility index (Phi) is 5.91. The van der Waals surface area contributed by atoms with Crippen LogP contribution in [0, 0.1) is 11.7 Å². The number of aryl methyl sites for hydroxylation is 1. The maximum absolute atomic E-state index is 13.6. The minimum atomic E-state index is -1.13. The van der Waals surface area contributed by atoms with Crippen LogP contribution < -0.4 is 5.32 Å². The van der Waals surface area contributed by atoms with Crippen molar-refractivity contribution in [3.8, 4) is 5.75 Å². The van der Waals surface area contributed by atoms with E-state index < -0.39 is 10.8 Å². The van der Waals surface area contributed by atoms with Gasteiger partial charge in [-0.25, -0.2) is 14.4 Å². The molecular formula is C25H26FN3O2S. The summed E-state index contributed by atoms with van der Waals surface area (Å²) in [5, 5.41) is 12.9. The smallest absolute Gasteiger partial charge is 0.150 e. The number of hydrogen-bond donors (Lipinski definition) is 2. The fourth-order valence-electron chi connectivity index (χ4n) is 4.86. The minimum absolute atomic E-state index is 0.326. The topological polar surface area (TPSA) is 75.1 Å². The van der Waals surface area contributed by atoms with E-state index in [0.717, 1.165) is 43.6 Å². The predicted molar refractivity (Wildman–Crippen MR) is 123 cm³/mol. The van der Waals surface area contributed by atoms with Gasteiger partial charge in [-0.3, -0.25) is 4.21 Å². The van der Waals surface area contributed by atoms with Crippen molar-refractivity contribution in [2.24, 2.45) is 5.92 Å². The fourth-order valence-corrected chi connectivity index (χ4v) is 6.17. The van der Waals surface area contributed by atoms with Gasteiger partial charge in [0, 0.05) is 24.3 Å². The van der Waals surface area contributed by atoms with E-state index in [-0.39, 0.29) is 5.82 Å². The third-order valence-electron chi connectivity index (χ3n) is 6.48. The molecule has 166 valence electrons. The zero-order chi connectivity index (χ0) is 22.1. The van der Waals surface area contributed by atoms with E-state index in [0.29, 0.717) is 46.2 Å². The number of nitrogens with one attached hydrogen (secondary N) is 1. The third kappa shape index (κ3) is 4.53. The van der Waals surface area contributed by atoms with Gasteiger partial charge in [-0.15, -0.1) is 0 Å². The first-order chi connectivity index (χ1) is 15.5. The highest BCUT2D eigenvalue weighted by Crippen LogP contribution is 2.38. The average molecular weight is 452 g/mol. The first-order valence-corrected chi connectivity index (χ1v) is 12.5. The maximum atomic E-state index is 13.6. The molecule has 1 fully saturated rings. The van der Waals surface area contributed by atoms with E-state index in [1.54, 1.807) is 18.2 Å². The molecule has 0 amide bonds. The van der Waals surface area contributed by atoms with Crippen LogP contribution in [-0.2, 0) is 23.6 Å². The molecular weight excluding hydrogens is 425 g/mol. The van der Waals surface area contributed by atoms with Crippen molar-refractivity contribution in [3.63, 3.8) is 0 Å². The monoisotopic (exact) mass is 451 g/mol. The summed E-state index contributed by atoms with van der Waals surface area (Å²) in [4.78, 5) is 10.1. The van der Waals surface area contributed by atoms with Gasteiger partial charge in [-0.05, 0) is 73.4 Å². The highest BCUT2D eigenvalue weighted by atomic mass is 32.2. The minimum Gasteiger partial charge on any atom is -0.508 e. The summed E-state index contributed by atoms with van der Waals surface area (Å²) in [6.45, 7) is 0. The highest BCUT2D eigenvalue weighted by Gasteiger charge is 2.28. The van der Waals surface area contributed by atoms with Crippen molar-refractivity contribution in [2.75, 3.05) is 11.1 Å². The number of rotatable bonds is 5. The molecule has 0 bridgehead atoms. The quantitative estimate of drug-likeness (QED) is 0.555. The number of aromatic hydroxyl groups is 1. The second kappa shape index (κ2) is 8.98. The van der Waals surface area contributed by atoms with Crippen molar-refractivity contribution >= 4 is 22.3 Å². The molecule has 2 aliphatic rings. The lowest BCUT2D eigenvalue weighted by Gasteiger charge is -2.28. The molecule has 1 aromatic heterocycles. The molecule has 5 rings (SSSR count). The molecule has 7 heteroatoms. The summed E-state index contributed by atoms with van der Waals surface area (Å²) < 4.78 is 26.2. The lowest BCUT2D eigenvalue weighted by atomic mass is 9.77. The molecule has 1 unspecified atom stereocenters. The first-order valence-electron chi connectivity index (χ1n) is 11.1. The maximum Gasteiger partial charge on any atom is 0.150 e. The lowest BCUT2D eigenvalue weighted by molar-refractivity contribution is 0.320. The van der Waals surface area contributed by atoms with E-state index >= 15 is 0 Å². The summed E-state index contributed by atoms with van der Waals surface area (Å²) in [5.41, 5.74) is 2.65. The zero-order valence-electron chi connectivity index (χ0n) is 17.8. The molecule has 1 atom stereocenters. The van der Waals surface area contributed by atoms with Gasteiger partial charge in [-0.1, -0.05) is 18.2 Å². The number of benzene rings is 2. The SMILES string of the molecule is O=S1CCc2nc(CC3CCC(c4cccc(O)c4)CC3)nc(Nc3cccc(F)c3)c21. The number of hydrogen-bond acceptors (Lipinski definition) is 5. The van der Waals surface area contributed by atoms with Gasteiger partial charge >= 0.3 is 0 Å². The van der Waals surface area contributed by atoms with Crippen LogP contribution in [0.1, 0.15) is 48.7 Å². The van der Waals surface area contributed by atoms with Crippen LogP contribution in [-0.4, -0.2) is 25.0 Å². The second-order valence-electron chi connectivity index (χ2n) is 8.72. The Bertz CT molecular complexity index is 1160. The Balaban J connectivity index is 1.32. The van der Waals surface area contributed by atoms with Gasteiger partial charge < -0.3 is 10.4 Å². The largest absolute Gasteiger partial charge is 0.508 e. The molecule has 1 aliphatic heterocycles. The number of aromatic nitrogens is 2. The molecule has 1 saturated carbocycles. The van der Waals surface area contributed by atoms with Crippen molar-refractivity contribution in [2.45, 2.75) is 49.3 Å². The first kappa shape index (κ1) is 21.1. The fraction of sp³-hybridized carbons (Fsp3) is 0.360. The number of nitrogens with zero attached hydrogens (tertiary/aromatic N) is 2. The molecule has 5 nitrogen and oxygen atoms in total. The molecule has 2 N–H and O–H groups in total. The molecule has 0 radical (unpaired) electrons. The van der Waals surface area contributed by atoms with Crippen LogP contribution in [0.15, 0.2) is 53.4 Å². The zero-order valence-corrected chi connectivity index (χ0v) is 18.6. The van der Waals surface area contributed by atoms with Crippen LogP contribution in [0.4, 0.5) is 15.9 Å². The summed E-state index contributed by atoms with van der Waals surface area (Å²) in [6, 6.07) is 13.8. The van der Waals surface area contributed by atoms with Gasteiger partial charge in [0.25, 0.3) is 0 Å². The molecule has 32 heavy (non-hydrogen) atoms. The third-order valence-corrected chi connectivity index (χ3v) is 7.94. The van der Waals surface area contributed by atoms with E-state index in [1.165, 1.54) is 17.7 Å². The summed E-state index contributed by atoms with van der Waals surface area (Å²) in [5.74, 6) is 2.84. The van der Waals surface area contributed by atoms with Gasteiger partial charge in [0.2, 0.25) is 0 Å². The summed E-state index contributed by atoms with van der Waals surface area (Å²) in [6.07, 6.45) is 5.79. The average Bonchev–Trinajstić information content (AvgIpc) is 3.15. The van der Waals surface area contributed by atoms with Crippen molar-refractivity contribution in [1.29, 1.82) is 0 Å². The van der Waals surface area contributed by atoms with Crippen LogP contribution in [0.5, 0.6) is 5.75 Å². The number of anilines is 2. The van der Waals surface area contributed by atoms with Gasteiger partial charge in [0.1, 0.15) is 22.3 Å². The van der Waals surface area contributed by atoms with Gasteiger partial charge in [0.05, 0.1) is 16.5 Å². The van der Waals surface area contributed by atoms with E-state index in [2.05, 4.69) is 11.4 Å². The molecule has 3 aromatic rings. The van der Waals surface area contributed by atoms with Crippen molar-refractivity contribution in [1.82, 2.24) is 9.97 Å². The number of phenols is 1. The predicted octanol–water partition coefficient (Wildman–Crippen LogP) is 5.25. The molecule has 0 spiro atoms. The Morgan fingerprint density at radius 2 is 1.88 bits per heavy atom. The second-order valence-corrected chi connectivity index (χ2v) is 10.2. The number of phenolic OH excluding ortho intramolecular Hbond substituents is 1. The lowest BCUT2D eigenvalue weighted by Crippen LogP contribution is -2.17. The van der Waals surface area contributed by atoms with Crippen LogP contribution in [0.2, 0.25) is 0 Å². The van der Waals surface area contributed by atoms with E-state index in [9.17, 15) is 13.7 Å². The Morgan fingerprint density at radius 1 is 1.06 bits per heavy atom. The Morgan fingerprint density at radius 3 is 2.66 bits per heavy atom.